The minimum atomic E-state index is 0.489. The number of methoxy groups -OCH3 is 1. The molecule has 3 heterocycles. The Balaban J connectivity index is 1.40. The van der Waals surface area contributed by atoms with Crippen LogP contribution in [0.15, 0.2) is 11.6 Å². The number of nitrogens with zero attached hydrogens (tertiary/aromatic N) is 5. The second kappa shape index (κ2) is 6.78. The SMILES string of the molecule is COc1nc(C)nc(N2CCC3(CC2)CC3N(C)Cc2nccs2)c1C. The minimum absolute atomic E-state index is 0.489. The molecular formula is C19H27N5OS. The third kappa shape index (κ3) is 3.18. The van der Waals surface area contributed by atoms with Crippen molar-refractivity contribution in [3.8, 4) is 5.88 Å². The van der Waals surface area contributed by atoms with Gasteiger partial charge in [-0.05, 0) is 45.6 Å². The number of rotatable bonds is 5. The summed E-state index contributed by atoms with van der Waals surface area (Å²) >= 11 is 1.75. The van der Waals surface area contributed by atoms with E-state index in [1.165, 1.54) is 24.3 Å². The van der Waals surface area contributed by atoms with Crippen molar-refractivity contribution < 1.29 is 4.74 Å². The third-order valence-corrected chi connectivity index (χ3v) is 6.75. The van der Waals surface area contributed by atoms with Crippen LogP contribution in [-0.4, -0.2) is 53.1 Å². The molecule has 0 aromatic carbocycles. The van der Waals surface area contributed by atoms with E-state index in [0.29, 0.717) is 17.3 Å². The van der Waals surface area contributed by atoms with Crippen LogP contribution in [0.5, 0.6) is 5.88 Å². The van der Waals surface area contributed by atoms with E-state index in [9.17, 15) is 0 Å². The molecular weight excluding hydrogens is 346 g/mol. The molecule has 1 aliphatic carbocycles. The zero-order chi connectivity index (χ0) is 18.3. The first-order valence-electron chi connectivity index (χ1n) is 9.25. The summed E-state index contributed by atoms with van der Waals surface area (Å²) in [6, 6.07) is 0.691. The van der Waals surface area contributed by atoms with Crippen molar-refractivity contribution in [3.63, 3.8) is 0 Å². The van der Waals surface area contributed by atoms with Gasteiger partial charge in [0, 0.05) is 30.7 Å². The summed E-state index contributed by atoms with van der Waals surface area (Å²) in [4.78, 5) is 18.4. The van der Waals surface area contributed by atoms with Gasteiger partial charge in [-0.3, -0.25) is 4.90 Å². The largest absolute Gasteiger partial charge is 0.481 e. The van der Waals surface area contributed by atoms with Gasteiger partial charge in [-0.2, -0.15) is 4.98 Å². The summed E-state index contributed by atoms with van der Waals surface area (Å²) in [5, 5.41) is 3.27. The highest BCUT2D eigenvalue weighted by atomic mass is 32.1. The van der Waals surface area contributed by atoms with Crippen molar-refractivity contribution in [3.05, 3.63) is 28.0 Å². The van der Waals surface area contributed by atoms with E-state index in [0.717, 1.165) is 36.8 Å². The molecule has 4 rings (SSSR count). The van der Waals surface area contributed by atoms with Crippen molar-refractivity contribution in [2.24, 2.45) is 5.41 Å². The van der Waals surface area contributed by atoms with Crippen LogP contribution in [0.1, 0.15) is 35.7 Å². The van der Waals surface area contributed by atoms with Gasteiger partial charge in [0.2, 0.25) is 5.88 Å². The summed E-state index contributed by atoms with van der Waals surface area (Å²) in [5.74, 6) is 2.51. The lowest BCUT2D eigenvalue weighted by atomic mass is 9.92. The van der Waals surface area contributed by atoms with Gasteiger partial charge < -0.3 is 9.64 Å². The van der Waals surface area contributed by atoms with Gasteiger partial charge in [-0.15, -0.1) is 11.3 Å². The highest BCUT2D eigenvalue weighted by molar-refractivity contribution is 7.09. The van der Waals surface area contributed by atoms with Crippen LogP contribution < -0.4 is 9.64 Å². The normalized spacial score (nSPS) is 21.4. The van der Waals surface area contributed by atoms with Gasteiger partial charge in [-0.1, -0.05) is 0 Å². The van der Waals surface area contributed by atoms with Crippen LogP contribution in [0, 0.1) is 19.3 Å². The molecule has 1 unspecified atom stereocenters. The Kier molecular flexibility index (Phi) is 4.61. The number of anilines is 1. The first kappa shape index (κ1) is 17.7. The van der Waals surface area contributed by atoms with Gasteiger partial charge in [0.25, 0.3) is 0 Å². The average Bonchev–Trinajstić information content (AvgIpc) is 3.08. The molecule has 0 N–H and O–H groups in total. The van der Waals surface area contributed by atoms with Gasteiger partial charge in [0.1, 0.15) is 16.6 Å². The molecule has 2 aliphatic rings. The summed E-state index contributed by atoms with van der Waals surface area (Å²) < 4.78 is 5.42. The Morgan fingerprint density at radius 2 is 2.08 bits per heavy atom. The van der Waals surface area contributed by atoms with E-state index in [1.54, 1.807) is 18.4 Å². The Bertz CT molecular complexity index is 770. The summed E-state index contributed by atoms with van der Waals surface area (Å²) in [7, 11) is 3.92. The third-order valence-electron chi connectivity index (χ3n) is 5.99. The highest BCUT2D eigenvalue weighted by Gasteiger charge is 2.56. The molecule has 26 heavy (non-hydrogen) atoms. The fourth-order valence-electron chi connectivity index (χ4n) is 4.40. The van der Waals surface area contributed by atoms with Crippen LogP contribution in [-0.2, 0) is 6.54 Å². The minimum Gasteiger partial charge on any atom is -0.481 e. The van der Waals surface area contributed by atoms with Gasteiger partial charge >= 0.3 is 0 Å². The Morgan fingerprint density at radius 1 is 1.31 bits per heavy atom. The summed E-state index contributed by atoms with van der Waals surface area (Å²) in [5.41, 5.74) is 1.53. The molecule has 1 spiro atoms. The van der Waals surface area contributed by atoms with Crippen molar-refractivity contribution >= 4 is 17.2 Å². The molecule has 0 bridgehead atoms. The maximum atomic E-state index is 5.42. The number of ether oxygens (including phenoxy) is 1. The number of thiazole rings is 1. The predicted molar refractivity (Wildman–Crippen MR) is 104 cm³/mol. The van der Waals surface area contributed by atoms with Crippen LogP contribution in [0.3, 0.4) is 0 Å². The van der Waals surface area contributed by atoms with E-state index >= 15 is 0 Å². The second-order valence-electron chi connectivity index (χ2n) is 7.64. The van der Waals surface area contributed by atoms with Crippen LogP contribution in [0.25, 0.3) is 0 Å². The fraction of sp³-hybridized carbons (Fsp3) is 0.632. The monoisotopic (exact) mass is 373 g/mol. The predicted octanol–water partition coefficient (Wildman–Crippen LogP) is 3.05. The lowest BCUT2D eigenvalue weighted by Crippen LogP contribution is -2.38. The molecule has 140 valence electrons. The number of aromatic nitrogens is 3. The Hall–Kier alpha value is -1.73. The molecule has 2 aromatic heterocycles. The molecule has 0 radical (unpaired) electrons. The van der Waals surface area contributed by atoms with E-state index in [2.05, 4.69) is 39.1 Å². The lowest BCUT2D eigenvalue weighted by molar-refractivity contribution is 0.238. The zero-order valence-corrected chi connectivity index (χ0v) is 16.8. The Labute approximate surface area is 159 Å². The Morgan fingerprint density at radius 3 is 2.73 bits per heavy atom. The van der Waals surface area contributed by atoms with Crippen molar-refractivity contribution in [1.29, 1.82) is 0 Å². The maximum Gasteiger partial charge on any atom is 0.221 e. The number of aryl methyl sites for hydroxylation is 1. The summed E-state index contributed by atoms with van der Waals surface area (Å²) in [6.07, 6.45) is 5.67. The smallest absolute Gasteiger partial charge is 0.221 e. The highest BCUT2D eigenvalue weighted by Crippen LogP contribution is 2.56. The molecule has 2 aromatic rings. The molecule has 1 atom stereocenters. The second-order valence-corrected chi connectivity index (χ2v) is 8.62. The van der Waals surface area contributed by atoms with E-state index in [4.69, 9.17) is 9.72 Å². The average molecular weight is 374 g/mol. The molecule has 1 saturated carbocycles. The van der Waals surface area contributed by atoms with Gasteiger partial charge in [0.15, 0.2) is 0 Å². The lowest BCUT2D eigenvalue weighted by Gasteiger charge is -2.35. The molecule has 2 fully saturated rings. The standard InChI is InChI=1S/C19H27N5OS/c1-13-17(21-14(2)22-18(13)25-4)24-8-5-19(6-9-24)11-15(19)23(3)12-16-20-7-10-26-16/h7,10,15H,5-6,8-9,11-12H2,1-4H3. The van der Waals surface area contributed by atoms with Gasteiger partial charge in [0.05, 0.1) is 19.2 Å². The van der Waals surface area contributed by atoms with Gasteiger partial charge in [-0.25, -0.2) is 9.97 Å². The maximum absolute atomic E-state index is 5.42. The van der Waals surface area contributed by atoms with E-state index in [1.807, 2.05) is 13.1 Å². The van der Waals surface area contributed by atoms with E-state index in [-0.39, 0.29) is 0 Å². The quantitative estimate of drug-likeness (QED) is 0.803. The fourth-order valence-corrected chi connectivity index (χ4v) is 5.08. The van der Waals surface area contributed by atoms with Crippen molar-refractivity contribution in [2.45, 2.75) is 45.7 Å². The summed E-state index contributed by atoms with van der Waals surface area (Å²) in [6.45, 7) is 7.07. The first-order chi connectivity index (χ1) is 12.5. The van der Waals surface area contributed by atoms with E-state index < -0.39 is 0 Å². The number of hydrogen-bond acceptors (Lipinski definition) is 7. The first-order valence-corrected chi connectivity index (χ1v) is 10.1. The molecule has 7 heteroatoms. The molecule has 1 saturated heterocycles. The molecule has 1 aliphatic heterocycles. The number of hydrogen-bond donors (Lipinski definition) is 0. The molecule has 0 amide bonds. The van der Waals surface area contributed by atoms with Crippen LogP contribution >= 0.6 is 11.3 Å². The van der Waals surface area contributed by atoms with Crippen LogP contribution in [0.2, 0.25) is 0 Å². The van der Waals surface area contributed by atoms with Crippen molar-refractivity contribution in [1.82, 2.24) is 19.9 Å². The van der Waals surface area contributed by atoms with Crippen LogP contribution in [0.4, 0.5) is 5.82 Å². The molecule has 6 nitrogen and oxygen atoms in total. The topological polar surface area (TPSA) is 54.4 Å². The zero-order valence-electron chi connectivity index (χ0n) is 16.0. The number of piperidine rings is 1. The van der Waals surface area contributed by atoms with Crippen molar-refractivity contribution in [2.75, 3.05) is 32.1 Å².